The molecule has 70 valence electrons. The van der Waals surface area contributed by atoms with Crippen molar-refractivity contribution in [1.29, 1.82) is 0 Å². The number of carbonyl (C=O) groups excluding carboxylic acids is 1. The van der Waals surface area contributed by atoms with Gasteiger partial charge in [-0.3, -0.25) is 4.79 Å². The molecule has 1 N–H and O–H groups in total. The lowest BCUT2D eigenvalue weighted by Crippen LogP contribution is -2.36. The van der Waals surface area contributed by atoms with Gasteiger partial charge in [-0.05, 0) is 13.5 Å². The largest absolute Gasteiger partial charge is 0.380 e. The van der Waals surface area contributed by atoms with Gasteiger partial charge in [-0.2, -0.15) is 0 Å². The Labute approximate surface area is 72.9 Å². The number of rotatable bonds is 3. The zero-order valence-electron chi connectivity index (χ0n) is 7.67. The zero-order valence-corrected chi connectivity index (χ0v) is 7.67. The van der Waals surface area contributed by atoms with E-state index < -0.39 is 0 Å². The number of likely N-dealkylation sites (tertiary alicyclic amines) is 1. The van der Waals surface area contributed by atoms with E-state index in [2.05, 4.69) is 5.32 Å². The van der Waals surface area contributed by atoms with Gasteiger partial charge >= 0.3 is 0 Å². The normalized spacial score (nSPS) is 23.2. The standard InChI is InChI=1S/C8H16N2O2/c1-9-5-8(11)10-4-3-7(6-10)12-2/h7,9H,3-6H2,1-2H3/t7-/m1/s1. The summed E-state index contributed by atoms with van der Waals surface area (Å²) in [6.07, 6.45) is 1.21. The number of likely N-dealkylation sites (N-methyl/N-ethyl adjacent to an activating group) is 1. The summed E-state index contributed by atoms with van der Waals surface area (Å²) >= 11 is 0. The van der Waals surface area contributed by atoms with Gasteiger partial charge in [0.1, 0.15) is 0 Å². The molecule has 1 saturated heterocycles. The van der Waals surface area contributed by atoms with Crippen LogP contribution in [0.3, 0.4) is 0 Å². The number of carbonyl (C=O) groups is 1. The van der Waals surface area contributed by atoms with Gasteiger partial charge in [-0.25, -0.2) is 0 Å². The number of methoxy groups -OCH3 is 1. The molecule has 12 heavy (non-hydrogen) atoms. The van der Waals surface area contributed by atoms with E-state index in [9.17, 15) is 4.79 Å². The first-order valence-corrected chi connectivity index (χ1v) is 4.23. The lowest BCUT2D eigenvalue weighted by atomic mass is 10.3. The number of hydrogen-bond acceptors (Lipinski definition) is 3. The highest BCUT2D eigenvalue weighted by molar-refractivity contribution is 5.78. The first-order chi connectivity index (χ1) is 5.77. The summed E-state index contributed by atoms with van der Waals surface area (Å²) in [5, 5.41) is 2.85. The molecule has 0 aliphatic carbocycles. The third kappa shape index (κ3) is 2.19. The van der Waals surface area contributed by atoms with Gasteiger partial charge in [0.25, 0.3) is 0 Å². The molecule has 0 unspecified atom stereocenters. The molecule has 1 fully saturated rings. The first kappa shape index (κ1) is 9.48. The van der Waals surface area contributed by atoms with Gasteiger partial charge in [-0.1, -0.05) is 0 Å². The topological polar surface area (TPSA) is 41.6 Å². The number of amides is 1. The number of nitrogens with zero attached hydrogens (tertiary/aromatic N) is 1. The van der Waals surface area contributed by atoms with E-state index in [1.165, 1.54) is 0 Å². The third-order valence-electron chi connectivity index (χ3n) is 2.16. The molecule has 4 heteroatoms. The van der Waals surface area contributed by atoms with Crippen LogP contribution in [0.25, 0.3) is 0 Å². The molecule has 1 atom stereocenters. The summed E-state index contributed by atoms with van der Waals surface area (Å²) in [5.41, 5.74) is 0. The highest BCUT2D eigenvalue weighted by Gasteiger charge is 2.24. The molecule has 0 saturated carbocycles. The van der Waals surface area contributed by atoms with Gasteiger partial charge < -0.3 is 15.0 Å². The Kier molecular flexibility index (Phi) is 3.49. The van der Waals surface area contributed by atoms with Crippen molar-refractivity contribution in [2.75, 3.05) is 33.8 Å². The maximum Gasteiger partial charge on any atom is 0.236 e. The molecular weight excluding hydrogens is 156 g/mol. The predicted molar refractivity (Wildman–Crippen MR) is 45.9 cm³/mol. The summed E-state index contributed by atoms with van der Waals surface area (Å²) in [6, 6.07) is 0. The predicted octanol–water partition coefficient (Wildman–Crippen LogP) is -0.547. The fourth-order valence-corrected chi connectivity index (χ4v) is 1.41. The van der Waals surface area contributed by atoms with E-state index >= 15 is 0 Å². The van der Waals surface area contributed by atoms with Crippen LogP contribution in [0.15, 0.2) is 0 Å². The molecule has 0 radical (unpaired) electrons. The Bertz CT molecular complexity index is 161. The molecule has 0 aromatic carbocycles. The van der Waals surface area contributed by atoms with Crippen molar-refractivity contribution in [2.24, 2.45) is 0 Å². The van der Waals surface area contributed by atoms with E-state index in [0.29, 0.717) is 6.54 Å². The molecule has 0 bridgehead atoms. The van der Waals surface area contributed by atoms with Crippen molar-refractivity contribution in [1.82, 2.24) is 10.2 Å². The van der Waals surface area contributed by atoms with E-state index in [1.54, 1.807) is 14.2 Å². The lowest BCUT2D eigenvalue weighted by molar-refractivity contribution is -0.129. The quantitative estimate of drug-likeness (QED) is 0.621. The molecule has 0 spiro atoms. The average molecular weight is 172 g/mol. The molecule has 1 aliphatic rings. The van der Waals surface area contributed by atoms with Gasteiger partial charge in [0.2, 0.25) is 5.91 Å². The van der Waals surface area contributed by atoms with Crippen molar-refractivity contribution in [3.8, 4) is 0 Å². The Morgan fingerprint density at radius 2 is 2.50 bits per heavy atom. The molecule has 0 aromatic heterocycles. The van der Waals surface area contributed by atoms with Crippen LogP contribution in [0, 0.1) is 0 Å². The van der Waals surface area contributed by atoms with Crippen LogP contribution in [-0.2, 0) is 9.53 Å². The van der Waals surface area contributed by atoms with Crippen LogP contribution in [0.2, 0.25) is 0 Å². The second kappa shape index (κ2) is 4.42. The number of hydrogen-bond donors (Lipinski definition) is 1. The Morgan fingerprint density at radius 1 is 1.75 bits per heavy atom. The van der Waals surface area contributed by atoms with E-state index in [0.717, 1.165) is 19.5 Å². The monoisotopic (exact) mass is 172 g/mol. The summed E-state index contributed by atoms with van der Waals surface area (Å²) in [7, 11) is 3.47. The molecule has 1 aliphatic heterocycles. The van der Waals surface area contributed by atoms with Gasteiger partial charge in [0.05, 0.1) is 12.6 Å². The second-order valence-electron chi connectivity index (χ2n) is 3.02. The molecule has 1 amide bonds. The summed E-state index contributed by atoms with van der Waals surface area (Å²) in [6.45, 7) is 2.01. The fourth-order valence-electron chi connectivity index (χ4n) is 1.41. The Hall–Kier alpha value is -0.610. The molecule has 0 aromatic rings. The van der Waals surface area contributed by atoms with Crippen molar-refractivity contribution in [3.05, 3.63) is 0 Å². The van der Waals surface area contributed by atoms with Gasteiger partial charge in [-0.15, -0.1) is 0 Å². The van der Waals surface area contributed by atoms with E-state index in [-0.39, 0.29) is 12.0 Å². The highest BCUT2D eigenvalue weighted by Crippen LogP contribution is 2.11. The minimum atomic E-state index is 0.164. The minimum Gasteiger partial charge on any atom is -0.380 e. The van der Waals surface area contributed by atoms with Gasteiger partial charge in [0.15, 0.2) is 0 Å². The van der Waals surface area contributed by atoms with Crippen LogP contribution in [0.4, 0.5) is 0 Å². The average Bonchev–Trinajstić information content (AvgIpc) is 2.52. The Balaban J connectivity index is 2.31. The van der Waals surface area contributed by atoms with Crippen LogP contribution in [0.5, 0.6) is 0 Å². The van der Waals surface area contributed by atoms with Crippen molar-refractivity contribution >= 4 is 5.91 Å². The first-order valence-electron chi connectivity index (χ1n) is 4.23. The van der Waals surface area contributed by atoms with Crippen LogP contribution in [0.1, 0.15) is 6.42 Å². The van der Waals surface area contributed by atoms with E-state index in [1.807, 2.05) is 4.90 Å². The third-order valence-corrected chi connectivity index (χ3v) is 2.16. The second-order valence-corrected chi connectivity index (χ2v) is 3.02. The highest BCUT2D eigenvalue weighted by atomic mass is 16.5. The number of ether oxygens (including phenoxy) is 1. The smallest absolute Gasteiger partial charge is 0.236 e. The lowest BCUT2D eigenvalue weighted by Gasteiger charge is -2.15. The fraction of sp³-hybridized carbons (Fsp3) is 0.875. The molecule has 1 rings (SSSR count). The number of nitrogens with one attached hydrogen (secondary N) is 1. The molecule has 4 nitrogen and oxygen atoms in total. The van der Waals surface area contributed by atoms with Crippen LogP contribution < -0.4 is 5.32 Å². The van der Waals surface area contributed by atoms with Gasteiger partial charge in [0, 0.05) is 20.2 Å². The SMILES string of the molecule is CNCC(=O)N1CC[C@@H](OC)C1. The van der Waals surface area contributed by atoms with Crippen LogP contribution in [-0.4, -0.2) is 50.7 Å². The minimum absolute atomic E-state index is 0.164. The summed E-state index contributed by atoms with van der Waals surface area (Å²) in [5.74, 6) is 0.164. The maximum atomic E-state index is 11.3. The van der Waals surface area contributed by atoms with Crippen molar-refractivity contribution < 1.29 is 9.53 Å². The van der Waals surface area contributed by atoms with Crippen molar-refractivity contribution in [2.45, 2.75) is 12.5 Å². The zero-order chi connectivity index (χ0) is 8.97. The molecule has 1 heterocycles. The summed E-state index contributed by atoms with van der Waals surface area (Å²) in [4.78, 5) is 13.2. The Morgan fingerprint density at radius 3 is 3.00 bits per heavy atom. The summed E-state index contributed by atoms with van der Waals surface area (Å²) < 4.78 is 5.16. The van der Waals surface area contributed by atoms with E-state index in [4.69, 9.17) is 4.74 Å². The maximum absolute atomic E-state index is 11.3. The van der Waals surface area contributed by atoms with Crippen LogP contribution >= 0.6 is 0 Å². The van der Waals surface area contributed by atoms with Crippen molar-refractivity contribution in [3.63, 3.8) is 0 Å². The molecular formula is C8H16N2O2.